The third-order valence-electron chi connectivity index (χ3n) is 4.35. The molecule has 8 heteroatoms. The number of likely N-dealkylation sites (N-methyl/N-ethyl adjacent to an activating group) is 1. The minimum Gasteiger partial charge on any atom is -0.311 e. The predicted molar refractivity (Wildman–Crippen MR) is 106 cm³/mol. The number of hydrogen-bond acceptors (Lipinski definition) is 3. The van der Waals surface area contributed by atoms with Gasteiger partial charge in [-0.25, -0.2) is 8.42 Å². The molecule has 1 heterocycles. The standard InChI is InChI=1S/C18H18BrClN2O3S/c1-2-21(26(24,25)16-6-4-15(20)5-7-16)12-18(23)22-10-9-13-11-14(19)3-8-17(13)22/h3-8,11H,2,9-10,12H2,1H3. The molecule has 5 nitrogen and oxygen atoms in total. The number of anilines is 1. The Morgan fingerprint density at radius 3 is 2.58 bits per heavy atom. The van der Waals surface area contributed by atoms with Gasteiger partial charge in [0.05, 0.1) is 11.4 Å². The Labute approximate surface area is 166 Å². The van der Waals surface area contributed by atoms with Gasteiger partial charge in [0.15, 0.2) is 0 Å². The van der Waals surface area contributed by atoms with Crippen LogP contribution in [-0.4, -0.2) is 38.3 Å². The fourth-order valence-electron chi connectivity index (χ4n) is 2.99. The zero-order valence-electron chi connectivity index (χ0n) is 14.2. The molecule has 0 fully saturated rings. The van der Waals surface area contributed by atoms with Crippen LogP contribution in [0.15, 0.2) is 51.8 Å². The summed E-state index contributed by atoms with van der Waals surface area (Å²) in [5, 5.41) is 0.461. The number of hydrogen-bond donors (Lipinski definition) is 0. The van der Waals surface area contributed by atoms with Crippen LogP contribution in [0.25, 0.3) is 0 Å². The number of carbonyl (C=O) groups is 1. The van der Waals surface area contributed by atoms with Gasteiger partial charge in [0.25, 0.3) is 0 Å². The molecule has 1 aliphatic heterocycles. The molecule has 0 atom stereocenters. The smallest absolute Gasteiger partial charge is 0.243 e. The van der Waals surface area contributed by atoms with Crippen LogP contribution in [0.4, 0.5) is 5.69 Å². The molecule has 0 radical (unpaired) electrons. The van der Waals surface area contributed by atoms with E-state index in [1.807, 2.05) is 18.2 Å². The lowest BCUT2D eigenvalue weighted by Crippen LogP contribution is -2.42. The molecule has 26 heavy (non-hydrogen) atoms. The fourth-order valence-corrected chi connectivity index (χ4v) is 4.92. The zero-order chi connectivity index (χ0) is 18.9. The van der Waals surface area contributed by atoms with Crippen LogP contribution in [0.2, 0.25) is 5.02 Å². The Morgan fingerprint density at radius 1 is 1.23 bits per heavy atom. The summed E-state index contributed by atoms with van der Waals surface area (Å²) in [4.78, 5) is 14.6. The Hall–Kier alpha value is -1.41. The lowest BCUT2D eigenvalue weighted by molar-refractivity contribution is -0.118. The van der Waals surface area contributed by atoms with E-state index < -0.39 is 10.0 Å². The van der Waals surface area contributed by atoms with Crippen molar-refractivity contribution >= 4 is 49.1 Å². The van der Waals surface area contributed by atoms with Crippen LogP contribution in [-0.2, 0) is 21.2 Å². The lowest BCUT2D eigenvalue weighted by atomic mass is 10.2. The first-order valence-electron chi connectivity index (χ1n) is 8.17. The molecule has 0 N–H and O–H groups in total. The maximum Gasteiger partial charge on any atom is 0.243 e. The molecule has 3 rings (SSSR count). The maximum absolute atomic E-state index is 12.8. The molecule has 2 aromatic carbocycles. The topological polar surface area (TPSA) is 57.7 Å². The van der Waals surface area contributed by atoms with Gasteiger partial charge in [0.1, 0.15) is 0 Å². The Balaban J connectivity index is 1.81. The van der Waals surface area contributed by atoms with E-state index in [1.165, 1.54) is 28.6 Å². The number of halogens is 2. The van der Waals surface area contributed by atoms with Crippen molar-refractivity contribution in [3.63, 3.8) is 0 Å². The number of carbonyl (C=O) groups excluding carboxylic acids is 1. The highest BCUT2D eigenvalue weighted by atomic mass is 79.9. The first kappa shape index (κ1) is 19.4. The summed E-state index contributed by atoms with van der Waals surface area (Å²) < 4.78 is 27.8. The average Bonchev–Trinajstić information content (AvgIpc) is 3.02. The van der Waals surface area contributed by atoms with E-state index >= 15 is 0 Å². The third kappa shape index (κ3) is 3.81. The van der Waals surface area contributed by atoms with Crippen LogP contribution in [0.1, 0.15) is 12.5 Å². The molecule has 0 aromatic heterocycles. The summed E-state index contributed by atoms with van der Waals surface area (Å²) >= 11 is 9.26. The molecule has 0 aliphatic carbocycles. The van der Waals surface area contributed by atoms with Crippen molar-refractivity contribution in [2.75, 3.05) is 24.5 Å². The van der Waals surface area contributed by atoms with E-state index in [9.17, 15) is 13.2 Å². The van der Waals surface area contributed by atoms with E-state index in [0.717, 1.165) is 22.1 Å². The van der Waals surface area contributed by atoms with Crippen LogP contribution in [0.5, 0.6) is 0 Å². The molecule has 0 bridgehead atoms. The van der Waals surface area contributed by atoms with Crippen LogP contribution < -0.4 is 4.90 Å². The SMILES string of the molecule is CCN(CC(=O)N1CCc2cc(Br)ccc21)S(=O)(=O)c1ccc(Cl)cc1. The van der Waals surface area contributed by atoms with Gasteiger partial charge < -0.3 is 4.90 Å². The molecule has 1 aliphatic rings. The summed E-state index contributed by atoms with van der Waals surface area (Å²) in [5.74, 6) is -0.231. The van der Waals surface area contributed by atoms with Gasteiger partial charge in [-0.15, -0.1) is 0 Å². The highest BCUT2D eigenvalue weighted by Gasteiger charge is 2.30. The second kappa shape index (κ2) is 7.68. The number of fused-ring (bicyclic) bond motifs is 1. The van der Waals surface area contributed by atoms with E-state index in [-0.39, 0.29) is 23.9 Å². The van der Waals surface area contributed by atoms with E-state index in [2.05, 4.69) is 15.9 Å². The van der Waals surface area contributed by atoms with E-state index in [1.54, 1.807) is 11.8 Å². The zero-order valence-corrected chi connectivity index (χ0v) is 17.3. The monoisotopic (exact) mass is 456 g/mol. The molecule has 138 valence electrons. The molecule has 1 amide bonds. The Kier molecular flexibility index (Phi) is 5.72. The molecular weight excluding hydrogens is 440 g/mol. The second-order valence-corrected chi connectivity index (χ2v) is 9.24. The molecular formula is C18H18BrClN2O3S. The van der Waals surface area contributed by atoms with Crippen LogP contribution in [0.3, 0.4) is 0 Å². The first-order valence-corrected chi connectivity index (χ1v) is 10.8. The normalized spacial score (nSPS) is 13.9. The first-order chi connectivity index (χ1) is 12.3. The summed E-state index contributed by atoms with van der Waals surface area (Å²) in [6.45, 7) is 2.29. The lowest BCUT2D eigenvalue weighted by Gasteiger charge is -2.24. The minimum absolute atomic E-state index is 0.127. The van der Waals surface area contributed by atoms with E-state index in [0.29, 0.717) is 11.6 Å². The van der Waals surface area contributed by atoms with Crippen molar-refractivity contribution in [1.82, 2.24) is 4.31 Å². The van der Waals surface area contributed by atoms with Crippen molar-refractivity contribution < 1.29 is 13.2 Å². The quantitative estimate of drug-likeness (QED) is 0.688. The minimum atomic E-state index is -3.76. The van der Waals surface area contributed by atoms with Crippen molar-refractivity contribution in [3.05, 3.63) is 57.5 Å². The molecule has 0 saturated heterocycles. The maximum atomic E-state index is 12.8. The summed E-state index contributed by atoms with van der Waals surface area (Å²) in [7, 11) is -3.76. The van der Waals surface area contributed by atoms with Crippen LogP contribution >= 0.6 is 27.5 Å². The summed E-state index contributed by atoms with van der Waals surface area (Å²) in [5.41, 5.74) is 1.93. The van der Waals surface area contributed by atoms with E-state index in [4.69, 9.17) is 11.6 Å². The Morgan fingerprint density at radius 2 is 1.92 bits per heavy atom. The van der Waals surface area contributed by atoms with Gasteiger partial charge in [-0.1, -0.05) is 34.5 Å². The predicted octanol–water partition coefficient (Wildman–Crippen LogP) is 3.70. The van der Waals surface area contributed by atoms with Gasteiger partial charge >= 0.3 is 0 Å². The highest BCUT2D eigenvalue weighted by Crippen LogP contribution is 2.31. The fraction of sp³-hybridized carbons (Fsp3) is 0.278. The number of sulfonamides is 1. The van der Waals surface area contributed by atoms with Crippen LogP contribution in [0, 0.1) is 0 Å². The van der Waals surface area contributed by atoms with Gasteiger partial charge in [-0.2, -0.15) is 4.31 Å². The molecule has 2 aromatic rings. The van der Waals surface area contributed by atoms with Gasteiger partial charge in [0, 0.05) is 28.3 Å². The summed E-state index contributed by atoms with van der Waals surface area (Å²) in [6, 6.07) is 11.7. The summed E-state index contributed by atoms with van der Waals surface area (Å²) in [6.07, 6.45) is 0.760. The molecule has 0 unspecified atom stereocenters. The third-order valence-corrected chi connectivity index (χ3v) is 7.03. The number of rotatable bonds is 5. The average molecular weight is 458 g/mol. The largest absolute Gasteiger partial charge is 0.311 e. The molecule has 0 spiro atoms. The van der Waals surface area contributed by atoms with Crippen molar-refractivity contribution in [1.29, 1.82) is 0 Å². The second-order valence-electron chi connectivity index (χ2n) is 5.95. The molecule has 0 saturated carbocycles. The number of benzene rings is 2. The van der Waals surface area contributed by atoms with Crippen molar-refractivity contribution in [2.24, 2.45) is 0 Å². The Bertz CT molecular complexity index is 932. The number of amides is 1. The van der Waals surface area contributed by atoms with Gasteiger partial charge in [-0.05, 0) is 54.4 Å². The highest BCUT2D eigenvalue weighted by molar-refractivity contribution is 9.10. The van der Waals surface area contributed by atoms with Gasteiger partial charge in [-0.3, -0.25) is 4.79 Å². The van der Waals surface area contributed by atoms with Crippen molar-refractivity contribution in [3.8, 4) is 0 Å². The number of nitrogens with zero attached hydrogens (tertiary/aromatic N) is 2. The van der Waals surface area contributed by atoms with Gasteiger partial charge in [0.2, 0.25) is 15.9 Å². The van der Waals surface area contributed by atoms with Crippen molar-refractivity contribution in [2.45, 2.75) is 18.2 Å².